The number of anilines is 2. The number of hydrogen-bond acceptors (Lipinski definition) is 3. The predicted octanol–water partition coefficient (Wildman–Crippen LogP) is 2.73. The monoisotopic (exact) mass is 174 g/mol. The molecule has 1 heterocycles. The number of para-hydroxylation sites is 1. The van der Waals surface area contributed by atoms with Crippen molar-refractivity contribution in [3.63, 3.8) is 0 Å². The van der Waals surface area contributed by atoms with Crippen LogP contribution in [0.2, 0.25) is 0 Å². The van der Waals surface area contributed by atoms with Crippen molar-refractivity contribution >= 4 is 11.5 Å². The number of aryl methyl sites for hydroxylation is 1. The van der Waals surface area contributed by atoms with Gasteiger partial charge in [-0.1, -0.05) is 23.4 Å². The zero-order valence-electron chi connectivity index (χ0n) is 7.32. The van der Waals surface area contributed by atoms with Gasteiger partial charge in [0.15, 0.2) is 5.82 Å². The number of rotatable bonds is 2. The summed E-state index contributed by atoms with van der Waals surface area (Å²) in [6.07, 6.45) is 0. The molecule has 3 heteroatoms. The van der Waals surface area contributed by atoms with E-state index in [0.29, 0.717) is 0 Å². The molecule has 0 amide bonds. The summed E-state index contributed by atoms with van der Waals surface area (Å²) < 4.78 is 4.92. The lowest BCUT2D eigenvalue weighted by molar-refractivity contribution is 0.400. The maximum atomic E-state index is 4.92. The number of nitrogens with zero attached hydrogens (tertiary/aromatic N) is 1. The Hall–Kier alpha value is -1.77. The molecule has 0 aliphatic rings. The van der Waals surface area contributed by atoms with Crippen molar-refractivity contribution in [2.45, 2.75) is 6.92 Å². The van der Waals surface area contributed by atoms with Crippen LogP contribution < -0.4 is 5.32 Å². The molecule has 1 aromatic heterocycles. The van der Waals surface area contributed by atoms with Crippen molar-refractivity contribution in [2.24, 2.45) is 0 Å². The van der Waals surface area contributed by atoms with Crippen LogP contribution in [-0.4, -0.2) is 5.16 Å². The molecule has 0 saturated heterocycles. The maximum absolute atomic E-state index is 4.92. The van der Waals surface area contributed by atoms with Gasteiger partial charge in [0.1, 0.15) is 5.76 Å². The second-order valence-corrected chi connectivity index (χ2v) is 2.81. The summed E-state index contributed by atoms with van der Waals surface area (Å²) in [6, 6.07) is 11.7. The summed E-state index contributed by atoms with van der Waals surface area (Å²) in [4.78, 5) is 0. The van der Waals surface area contributed by atoms with Gasteiger partial charge in [-0.05, 0) is 19.1 Å². The summed E-state index contributed by atoms with van der Waals surface area (Å²) in [6.45, 7) is 1.86. The molecule has 0 aliphatic carbocycles. The first-order chi connectivity index (χ1) is 6.34. The van der Waals surface area contributed by atoms with Crippen molar-refractivity contribution in [1.82, 2.24) is 5.16 Å². The Morgan fingerprint density at radius 1 is 1.23 bits per heavy atom. The van der Waals surface area contributed by atoms with Crippen molar-refractivity contribution in [3.8, 4) is 0 Å². The number of hydrogen-bond donors (Lipinski definition) is 1. The molecule has 0 atom stereocenters. The smallest absolute Gasteiger partial charge is 0.174 e. The number of nitrogens with one attached hydrogen (secondary N) is 1. The maximum Gasteiger partial charge on any atom is 0.174 e. The van der Waals surface area contributed by atoms with Crippen molar-refractivity contribution in [3.05, 3.63) is 42.2 Å². The van der Waals surface area contributed by atoms with Crippen LogP contribution in [0.25, 0.3) is 0 Å². The van der Waals surface area contributed by atoms with Gasteiger partial charge in [0.2, 0.25) is 0 Å². The Bertz CT molecular complexity index is 381. The summed E-state index contributed by atoms with van der Waals surface area (Å²) in [5.74, 6) is 1.54. The Balaban J connectivity index is 2.15. The summed E-state index contributed by atoms with van der Waals surface area (Å²) >= 11 is 0. The number of aromatic nitrogens is 1. The normalized spacial score (nSPS) is 9.92. The molecule has 0 aliphatic heterocycles. The van der Waals surface area contributed by atoms with Crippen LogP contribution in [0.1, 0.15) is 5.76 Å². The van der Waals surface area contributed by atoms with Gasteiger partial charge in [0.25, 0.3) is 0 Å². The summed E-state index contributed by atoms with van der Waals surface area (Å²) in [7, 11) is 0. The van der Waals surface area contributed by atoms with Crippen LogP contribution >= 0.6 is 0 Å². The highest BCUT2D eigenvalue weighted by Gasteiger charge is 1.98. The molecule has 2 rings (SSSR count). The van der Waals surface area contributed by atoms with E-state index in [1.54, 1.807) is 0 Å². The standard InChI is InChI=1S/C10H10N2O/c1-8-7-10(12-13-8)11-9-5-3-2-4-6-9/h2-7H,1H3,(H,11,12). The van der Waals surface area contributed by atoms with Gasteiger partial charge in [0, 0.05) is 11.8 Å². The van der Waals surface area contributed by atoms with Crippen LogP contribution in [0, 0.1) is 6.92 Å². The average molecular weight is 174 g/mol. The fourth-order valence-corrected chi connectivity index (χ4v) is 1.09. The molecule has 0 spiro atoms. The molecule has 13 heavy (non-hydrogen) atoms. The SMILES string of the molecule is Cc1cc(Nc2ccccc2)no1. The van der Waals surface area contributed by atoms with Crippen LogP contribution in [0.3, 0.4) is 0 Å². The lowest BCUT2D eigenvalue weighted by atomic mass is 10.3. The molecule has 66 valence electrons. The average Bonchev–Trinajstić information content (AvgIpc) is 2.53. The van der Waals surface area contributed by atoms with Gasteiger partial charge >= 0.3 is 0 Å². The zero-order chi connectivity index (χ0) is 9.10. The van der Waals surface area contributed by atoms with Crippen molar-refractivity contribution < 1.29 is 4.52 Å². The molecular weight excluding hydrogens is 164 g/mol. The minimum atomic E-state index is 0.740. The van der Waals surface area contributed by atoms with E-state index >= 15 is 0 Å². The minimum Gasteiger partial charge on any atom is -0.360 e. The van der Waals surface area contributed by atoms with Gasteiger partial charge < -0.3 is 9.84 Å². The molecule has 3 nitrogen and oxygen atoms in total. The van der Waals surface area contributed by atoms with E-state index in [1.165, 1.54) is 0 Å². The molecular formula is C10H10N2O. The topological polar surface area (TPSA) is 38.1 Å². The molecule has 0 radical (unpaired) electrons. The Kier molecular flexibility index (Phi) is 2.00. The molecule has 0 saturated carbocycles. The van der Waals surface area contributed by atoms with E-state index in [0.717, 1.165) is 17.3 Å². The van der Waals surface area contributed by atoms with Crippen LogP contribution in [0.5, 0.6) is 0 Å². The van der Waals surface area contributed by atoms with Gasteiger partial charge in [-0.15, -0.1) is 0 Å². The summed E-state index contributed by atoms with van der Waals surface area (Å²) in [5, 5.41) is 6.94. The van der Waals surface area contributed by atoms with E-state index < -0.39 is 0 Å². The first-order valence-corrected chi connectivity index (χ1v) is 4.10. The third kappa shape index (κ3) is 1.87. The van der Waals surface area contributed by atoms with Gasteiger partial charge in [-0.25, -0.2) is 0 Å². The predicted molar refractivity (Wildman–Crippen MR) is 51.0 cm³/mol. The quantitative estimate of drug-likeness (QED) is 0.760. The van der Waals surface area contributed by atoms with Gasteiger partial charge in [-0.2, -0.15) is 0 Å². The molecule has 0 bridgehead atoms. The van der Waals surface area contributed by atoms with Gasteiger partial charge in [-0.3, -0.25) is 0 Å². The van der Waals surface area contributed by atoms with E-state index in [4.69, 9.17) is 4.52 Å². The third-order valence-electron chi connectivity index (χ3n) is 1.67. The van der Waals surface area contributed by atoms with E-state index in [2.05, 4.69) is 10.5 Å². The Labute approximate surface area is 76.4 Å². The number of benzene rings is 1. The fraction of sp³-hybridized carbons (Fsp3) is 0.100. The van der Waals surface area contributed by atoms with E-state index in [-0.39, 0.29) is 0 Å². The first-order valence-electron chi connectivity index (χ1n) is 4.10. The molecule has 0 fully saturated rings. The second kappa shape index (κ2) is 3.31. The largest absolute Gasteiger partial charge is 0.360 e. The van der Waals surface area contributed by atoms with Gasteiger partial charge in [0.05, 0.1) is 0 Å². The van der Waals surface area contributed by atoms with Crippen molar-refractivity contribution in [1.29, 1.82) is 0 Å². The fourth-order valence-electron chi connectivity index (χ4n) is 1.09. The first kappa shape index (κ1) is 7.86. The van der Waals surface area contributed by atoms with Crippen LogP contribution in [0.4, 0.5) is 11.5 Å². The molecule has 1 aromatic carbocycles. The second-order valence-electron chi connectivity index (χ2n) is 2.81. The van der Waals surface area contributed by atoms with Crippen molar-refractivity contribution in [2.75, 3.05) is 5.32 Å². The highest BCUT2D eigenvalue weighted by Crippen LogP contribution is 2.14. The third-order valence-corrected chi connectivity index (χ3v) is 1.67. The summed E-state index contributed by atoms with van der Waals surface area (Å²) in [5.41, 5.74) is 1.01. The van der Waals surface area contributed by atoms with E-state index in [1.807, 2.05) is 43.3 Å². The Morgan fingerprint density at radius 2 is 2.00 bits per heavy atom. The molecule has 2 aromatic rings. The minimum absolute atomic E-state index is 0.740. The molecule has 1 N–H and O–H groups in total. The highest BCUT2D eigenvalue weighted by atomic mass is 16.5. The molecule has 0 unspecified atom stereocenters. The van der Waals surface area contributed by atoms with E-state index in [9.17, 15) is 0 Å². The lowest BCUT2D eigenvalue weighted by Gasteiger charge is -1.99. The van der Waals surface area contributed by atoms with Crippen LogP contribution in [-0.2, 0) is 0 Å². The zero-order valence-corrected chi connectivity index (χ0v) is 7.32. The highest BCUT2D eigenvalue weighted by molar-refractivity contribution is 5.55. The Morgan fingerprint density at radius 3 is 2.62 bits per heavy atom. The van der Waals surface area contributed by atoms with Crippen LogP contribution in [0.15, 0.2) is 40.9 Å². The lowest BCUT2D eigenvalue weighted by Crippen LogP contribution is -1.88.